The van der Waals surface area contributed by atoms with Crippen LogP contribution in [0.5, 0.6) is 5.75 Å². The molecular weight excluding hydrogens is 436 g/mol. The molecule has 4 rings (SSSR count). The van der Waals surface area contributed by atoms with E-state index >= 15 is 0 Å². The van der Waals surface area contributed by atoms with Crippen LogP contribution in [-0.2, 0) is 20.9 Å². The number of nitrogens with zero attached hydrogens (tertiary/aromatic N) is 3. The number of carbonyl (C=O) groups is 2. The van der Waals surface area contributed by atoms with E-state index in [2.05, 4.69) is 15.1 Å². The molecule has 0 radical (unpaired) electrons. The smallest absolute Gasteiger partial charge is 0.260 e. The van der Waals surface area contributed by atoms with Gasteiger partial charge >= 0.3 is 0 Å². The number of likely N-dealkylation sites (tertiary alicyclic amines) is 2. The lowest BCUT2D eigenvalue weighted by Gasteiger charge is -2.36. The number of ether oxygens (including phenoxy) is 2. The van der Waals surface area contributed by atoms with Gasteiger partial charge in [-0.25, -0.2) is 0 Å². The molecule has 1 aromatic rings. The van der Waals surface area contributed by atoms with Gasteiger partial charge < -0.3 is 29.7 Å². The minimum Gasteiger partial charge on any atom is -0.484 e. The number of rotatable bonds is 8. The number of β-amino-alcohol motifs (C(OH)–C–C–N with tert-alkyl or cyclic N) is 1. The van der Waals surface area contributed by atoms with Crippen molar-refractivity contribution in [3.8, 4) is 5.75 Å². The Morgan fingerprint density at radius 1 is 1.09 bits per heavy atom. The second kappa shape index (κ2) is 11.5. The molecule has 2 amide bonds. The van der Waals surface area contributed by atoms with Gasteiger partial charge in [-0.05, 0) is 37.0 Å². The Balaban J connectivity index is 1.18. The van der Waals surface area contributed by atoms with Gasteiger partial charge in [0.05, 0.1) is 18.8 Å². The maximum atomic E-state index is 12.2. The molecule has 1 unspecified atom stereocenters. The molecule has 3 saturated heterocycles. The summed E-state index contributed by atoms with van der Waals surface area (Å²) in [6, 6.07) is 8.12. The number of carbonyl (C=O) groups excluding carboxylic acids is 2. The van der Waals surface area contributed by atoms with Gasteiger partial charge in [0.1, 0.15) is 5.75 Å². The van der Waals surface area contributed by atoms with Crippen molar-refractivity contribution < 1.29 is 24.2 Å². The fourth-order valence-electron chi connectivity index (χ4n) is 5.14. The van der Waals surface area contributed by atoms with E-state index in [0.717, 1.165) is 51.0 Å². The normalized spacial score (nSPS) is 24.8. The third-order valence-corrected chi connectivity index (χ3v) is 6.98. The van der Waals surface area contributed by atoms with E-state index in [-0.39, 0.29) is 24.5 Å². The molecule has 3 fully saturated rings. The van der Waals surface area contributed by atoms with Crippen LogP contribution in [0.1, 0.15) is 31.7 Å². The van der Waals surface area contributed by atoms with Gasteiger partial charge in [-0.3, -0.25) is 14.5 Å². The van der Waals surface area contributed by atoms with Crippen LogP contribution >= 0.6 is 0 Å². The van der Waals surface area contributed by atoms with Crippen LogP contribution in [0.2, 0.25) is 0 Å². The van der Waals surface area contributed by atoms with Crippen molar-refractivity contribution in [2.75, 3.05) is 65.6 Å². The molecule has 9 heteroatoms. The first-order chi connectivity index (χ1) is 16.4. The SMILES string of the molecule is CC(=O)NC1CCN(CC2(O)CCN(Cc3ccc(OCC(=O)N4CCOCC4)cc3)C2)CC1. The van der Waals surface area contributed by atoms with E-state index in [4.69, 9.17) is 9.47 Å². The molecule has 2 N–H and O–H groups in total. The minimum absolute atomic E-state index is 0.0110. The molecule has 1 aromatic carbocycles. The lowest BCUT2D eigenvalue weighted by Crippen LogP contribution is -2.50. The summed E-state index contributed by atoms with van der Waals surface area (Å²) in [6.07, 6.45) is 2.64. The summed E-state index contributed by atoms with van der Waals surface area (Å²) in [5, 5.41) is 14.2. The Hall–Kier alpha value is -2.20. The van der Waals surface area contributed by atoms with E-state index < -0.39 is 5.60 Å². The van der Waals surface area contributed by atoms with Crippen LogP contribution in [0.4, 0.5) is 0 Å². The Labute approximate surface area is 202 Å². The second-order valence-electron chi connectivity index (χ2n) is 9.86. The van der Waals surface area contributed by atoms with Crippen molar-refractivity contribution in [1.82, 2.24) is 20.0 Å². The fourth-order valence-corrected chi connectivity index (χ4v) is 5.14. The predicted octanol–water partition coefficient (Wildman–Crippen LogP) is 0.462. The fraction of sp³-hybridized carbons (Fsp3) is 0.680. The predicted molar refractivity (Wildman–Crippen MR) is 127 cm³/mol. The van der Waals surface area contributed by atoms with Crippen molar-refractivity contribution in [3.63, 3.8) is 0 Å². The van der Waals surface area contributed by atoms with E-state index in [1.807, 2.05) is 24.3 Å². The number of hydrogen-bond acceptors (Lipinski definition) is 7. The molecule has 9 nitrogen and oxygen atoms in total. The highest BCUT2D eigenvalue weighted by atomic mass is 16.5. The van der Waals surface area contributed by atoms with Gasteiger partial charge in [0.2, 0.25) is 5.91 Å². The molecule has 0 aliphatic carbocycles. The van der Waals surface area contributed by atoms with E-state index in [9.17, 15) is 14.7 Å². The van der Waals surface area contributed by atoms with Crippen LogP contribution in [0.3, 0.4) is 0 Å². The Bertz CT molecular complexity index is 821. The summed E-state index contributed by atoms with van der Waals surface area (Å²) in [6.45, 7) is 8.82. The Kier molecular flexibility index (Phi) is 8.41. The average Bonchev–Trinajstić information content (AvgIpc) is 3.20. The summed E-state index contributed by atoms with van der Waals surface area (Å²) >= 11 is 0. The lowest BCUT2D eigenvalue weighted by atomic mass is 9.99. The van der Waals surface area contributed by atoms with Gasteiger partial charge in [0.15, 0.2) is 6.61 Å². The highest BCUT2D eigenvalue weighted by Gasteiger charge is 2.38. The highest BCUT2D eigenvalue weighted by Crippen LogP contribution is 2.26. The van der Waals surface area contributed by atoms with Gasteiger partial charge in [0, 0.05) is 65.3 Å². The van der Waals surface area contributed by atoms with Gasteiger partial charge in [-0.1, -0.05) is 12.1 Å². The number of aliphatic hydroxyl groups is 1. The zero-order valence-corrected chi connectivity index (χ0v) is 20.2. The molecular formula is C25H38N4O5. The third kappa shape index (κ3) is 7.15. The third-order valence-electron chi connectivity index (χ3n) is 6.98. The first-order valence-corrected chi connectivity index (χ1v) is 12.4. The minimum atomic E-state index is -0.691. The molecule has 188 valence electrons. The molecule has 0 spiro atoms. The van der Waals surface area contributed by atoms with Gasteiger partial charge in [-0.2, -0.15) is 0 Å². The Morgan fingerprint density at radius 2 is 1.79 bits per heavy atom. The molecule has 3 heterocycles. The number of benzene rings is 1. The summed E-state index contributed by atoms with van der Waals surface area (Å²) in [5.41, 5.74) is 0.469. The largest absolute Gasteiger partial charge is 0.484 e. The van der Waals surface area contributed by atoms with Crippen molar-refractivity contribution in [2.24, 2.45) is 0 Å². The van der Waals surface area contributed by atoms with Crippen LogP contribution in [0.25, 0.3) is 0 Å². The molecule has 1 atom stereocenters. The standard InChI is InChI=1S/C25H38N4O5/c1-20(30)26-22-6-9-27(10-7-22)18-25(32)8-11-28(19-25)16-21-2-4-23(5-3-21)34-17-24(31)29-12-14-33-15-13-29/h2-5,22,32H,6-19H2,1H3,(H,26,30). The van der Waals surface area contributed by atoms with Crippen LogP contribution in [0.15, 0.2) is 24.3 Å². The maximum absolute atomic E-state index is 12.2. The summed E-state index contributed by atoms with van der Waals surface area (Å²) in [5.74, 6) is 0.707. The van der Waals surface area contributed by atoms with E-state index in [1.54, 1.807) is 11.8 Å². The quantitative estimate of drug-likeness (QED) is 0.565. The molecule has 0 bridgehead atoms. The number of amides is 2. The topological polar surface area (TPSA) is 94.6 Å². The van der Waals surface area contributed by atoms with Gasteiger partial charge in [0.25, 0.3) is 5.91 Å². The van der Waals surface area contributed by atoms with Crippen LogP contribution in [-0.4, -0.2) is 109 Å². The van der Waals surface area contributed by atoms with E-state index in [1.165, 1.54) is 0 Å². The highest BCUT2D eigenvalue weighted by molar-refractivity contribution is 5.77. The lowest BCUT2D eigenvalue weighted by molar-refractivity contribution is -0.137. The van der Waals surface area contributed by atoms with Crippen LogP contribution < -0.4 is 10.1 Å². The molecule has 0 aromatic heterocycles. The Morgan fingerprint density at radius 3 is 2.47 bits per heavy atom. The number of morpholine rings is 1. The summed E-state index contributed by atoms with van der Waals surface area (Å²) in [7, 11) is 0. The second-order valence-corrected chi connectivity index (χ2v) is 9.86. The maximum Gasteiger partial charge on any atom is 0.260 e. The first kappa shape index (κ1) is 24.9. The zero-order valence-electron chi connectivity index (χ0n) is 20.2. The molecule has 34 heavy (non-hydrogen) atoms. The first-order valence-electron chi connectivity index (χ1n) is 12.4. The molecule has 3 aliphatic rings. The van der Waals surface area contributed by atoms with Gasteiger partial charge in [-0.15, -0.1) is 0 Å². The van der Waals surface area contributed by atoms with Crippen LogP contribution in [0, 0.1) is 0 Å². The molecule has 0 saturated carbocycles. The number of nitrogens with one attached hydrogen (secondary N) is 1. The van der Waals surface area contributed by atoms with Crippen molar-refractivity contribution in [1.29, 1.82) is 0 Å². The van der Waals surface area contributed by atoms with Crippen molar-refractivity contribution in [3.05, 3.63) is 29.8 Å². The average molecular weight is 475 g/mol. The number of hydrogen-bond donors (Lipinski definition) is 2. The monoisotopic (exact) mass is 474 g/mol. The molecule has 3 aliphatic heterocycles. The number of piperidine rings is 1. The summed E-state index contributed by atoms with van der Waals surface area (Å²) < 4.78 is 11.0. The van der Waals surface area contributed by atoms with Crippen molar-refractivity contribution in [2.45, 2.75) is 44.4 Å². The summed E-state index contributed by atoms with van der Waals surface area (Å²) in [4.78, 5) is 29.9. The van der Waals surface area contributed by atoms with E-state index in [0.29, 0.717) is 45.1 Å². The zero-order chi connectivity index (χ0) is 24.0. The van der Waals surface area contributed by atoms with Crippen molar-refractivity contribution >= 4 is 11.8 Å².